The van der Waals surface area contributed by atoms with E-state index >= 15 is 0 Å². The molecule has 0 saturated heterocycles. The van der Waals surface area contributed by atoms with Gasteiger partial charge in [-0.05, 0) is 12.1 Å². The van der Waals surface area contributed by atoms with Crippen molar-refractivity contribution in [3.8, 4) is 11.5 Å². The fourth-order valence-corrected chi connectivity index (χ4v) is 2.30. The van der Waals surface area contributed by atoms with Crippen LogP contribution in [0, 0.1) is 0 Å². The number of amides is 1. The van der Waals surface area contributed by atoms with Crippen molar-refractivity contribution in [2.45, 2.75) is 6.42 Å². The lowest BCUT2D eigenvalue weighted by molar-refractivity contribution is 0.102. The third-order valence-electron chi connectivity index (χ3n) is 3.07. The maximum atomic E-state index is 12.2. The summed E-state index contributed by atoms with van der Waals surface area (Å²) in [7, 11) is 0. The van der Waals surface area contributed by atoms with Crippen LogP contribution < -0.4 is 14.8 Å². The smallest absolute Gasteiger partial charge is 0.257 e. The second-order valence-corrected chi connectivity index (χ2v) is 5.45. The highest BCUT2D eigenvalue weighted by Crippen LogP contribution is 2.37. The molecule has 0 spiro atoms. The van der Waals surface area contributed by atoms with Gasteiger partial charge in [0.25, 0.3) is 5.91 Å². The molecule has 1 aliphatic rings. The van der Waals surface area contributed by atoms with Gasteiger partial charge in [-0.25, -0.2) is 4.98 Å². The monoisotopic (exact) mass is 338 g/mol. The zero-order valence-electron chi connectivity index (χ0n) is 11.4. The van der Waals surface area contributed by atoms with Crippen molar-refractivity contribution in [1.29, 1.82) is 0 Å². The van der Waals surface area contributed by atoms with E-state index in [4.69, 9.17) is 32.7 Å². The quantitative estimate of drug-likeness (QED) is 0.846. The summed E-state index contributed by atoms with van der Waals surface area (Å²) in [5.74, 6) is 0.806. The Kier molecular flexibility index (Phi) is 4.36. The Hall–Kier alpha value is -1.98. The van der Waals surface area contributed by atoms with Crippen LogP contribution in [-0.4, -0.2) is 24.1 Å². The van der Waals surface area contributed by atoms with E-state index in [1.807, 2.05) is 0 Å². The number of hydrogen-bond acceptors (Lipinski definition) is 4. The van der Waals surface area contributed by atoms with E-state index in [-0.39, 0.29) is 5.91 Å². The number of nitrogens with zero attached hydrogens (tertiary/aromatic N) is 1. The van der Waals surface area contributed by atoms with E-state index in [1.165, 1.54) is 6.20 Å². The number of ether oxygens (including phenoxy) is 2. The highest BCUT2D eigenvalue weighted by molar-refractivity contribution is 6.34. The fourth-order valence-electron chi connectivity index (χ4n) is 1.98. The van der Waals surface area contributed by atoms with Crippen LogP contribution in [0.25, 0.3) is 0 Å². The standard InChI is InChI=1S/C15H12Cl2N2O3/c16-10-6-12-13(22-5-1-4-21-12)7-11(10)19-15(20)9-2-3-14(17)18-8-9/h2-3,6-8H,1,4-5H2,(H,19,20). The summed E-state index contributed by atoms with van der Waals surface area (Å²) in [6, 6.07) is 6.43. The number of hydrogen-bond donors (Lipinski definition) is 1. The van der Waals surface area contributed by atoms with E-state index in [0.29, 0.717) is 46.1 Å². The number of fused-ring (bicyclic) bond motifs is 1. The van der Waals surface area contributed by atoms with Crippen LogP contribution in [0.1, 0.15) is 16.8 Å². The van der Waals surface area contributed by atoms with Crippen molar-refractivity contribution in [3.63, 3.8) is 0 Å². The first-order chi connectivity index (χ1) is 10.6. The Morgan fingerprint density at radius 2 is 1.86 bits per heavy atom. The first kappa shape index (κ1) is 14.9. The van der Waals surface area contributed by atoms with Crippen molar-refractivity contribution in [2.24, 2.45) is 0 Å². The molecule has 0 radical (unpaired) electrons. The van der Waals surface area contributed by atoms with Crippen LogP contribution in [0.4, 0.5) is 5.69 Å². The first-order valence-electron chi connectivity index (χ1n) is 6.65. The summed E-state index contributed by atoms with van der Waals surface area (Å²) in [4.78, 5) is 16.1. The molecule has 114 valence electrons. The van der Waals surface area contributed by atoms with Crippen molar-refractivity contribution < 1.29 is 14.3 Å². The van der Waals surface area contributed by atoms with Gasteiger partial charge in [0.05, 0.1) is 29.5 Å². The summed E-state index contributed by atoms with van der Waals surface area (Å²) < 4.78 is 11.1. The Labute approximate surface area is 137 Å². The van der Waals surface area contributed by atoms with Gasteiger partial charge in [0.2, 0.25) is 0 Å². The van der Waals surface area contributed by atoms with Gasteiger partial charge in [-0.15, -0.1) is 0 Å². The summed E-state index contributed by atoms with van der Waals surface area (Å²) in [6.07, 6.45) is 2.19. The molecule has 22 heavy (non-hydrogen) atoms. The highest BCUT2D eigenvalue weighted by atomic mass is 35.5. The van der Waals surface area contributed by atoms with Gasteiger partial charge in [0.15, 0.2) is 11.5 Å². The van der Waals surface area contributed by atoms with Crippen molar-refractivity contribution in [1.82, 2.24) is 4.98 Å². The van der Waals surface area contributed by atoms with E-state index < -0.39 is 0 Å². The predicted octanol–water partition coefficient (Wildman–Crippen LogP) is 3.80. The van der Waals surface area contributed by atoms with E-state index in [0.717, 1.165) is 6.42 Å². The molecule has 1 aromatic heterocycles. The van der Waals surface area contributed by atoms with E-state index in [2.05, 4.69) is 10.3 Å². The zero-order valence-corrected chi connectivity index (χ0v) is 12.9. The van der Waals surface area contributed by atoms with Gasteiger partial charge >= 0.3 is 0 Å². The summed E-state index contributed by atoms with van der Waals surface area (Å²) >= 11 is 11.9. The number of halogens is 2. The van der Waals surface area contributed by atoms with Crippen LogP contribution >= 0.6 is 23.2 Å². The predicted molar refractivity (Wildman–Crippen MR) is 84.3 cm³/mol. The highest BCUT2D eigenvalue weighted by Gasteiger charge is 2.16. The molecule has 0 bridgehead atoms. The van der Waals surface area contributed by atoms with Crippen LogP contribution in [-0.2, 0) is 0 Å². The number of nitrogens with one attached hydrogen (secondary N) is 1. The lowest BCUT2D eigenvalue weighted by atomic mass is 10.2. The minimum Gasteiger partial charge on any atom is -0.490 e. The number of pyridine rings is 1. The Balaban J connectivity index is 1.84. The van der Waals surface area contributed by atoms with Gasteiger partial charge in [-0.2, -0.15) is 0 Å². The Morgan fingerprint density at radius 1 is 1.14 bits per heavy atom. The third kappa shape index (κ3) is 3.26. The maximum Gasteiger partial charge on any atom is 0.257 e. The van der Waals surface area contributed by atoms with Crippen LogP contribution in [0.2, 0.25) is 10.2 Å². The summed E-state index contributed by atoms with van der Waals surface area (Å²) in [5, 5.41) is 3.43. The molecule has 0 saturated carbocycles. The number of benzene rings is 1. The number of aromatic nitrogens is 1. The van der Waals surface area contributed by atoms with Crippen molar-refractivity contribution in [3.05, 3.63) is 46.2 Å². The molecule has 7 heteroatoms. The minimum absolute atomic E-state index is 0.324. The molecular formula is C15H12Cl2N2O3. The van der Waals surface area contributed by atoms with E-state index in [1.54, 1.807) is 24.3 Å². The lowest BCUT2D eigenvalue weighted by Crippen LogP contribution is -2.12. The second-order valence-electron chi connectivity index (χ2n) is 4.65. The largest absolute Gasteiger partial charge is 0.490 e. The van der Waals surface area contributed by atoms with E-state index in [9.17, 15) is 4.79 Å². The number of rotatable bonds is 2. The molecule has 0 fully saturated rings. The number of carbonyl (C=O) groups is 1. The first-order valence-corrected chi connectivity index (χ1v) is 7.41. The number of anilines is 1. The molecule has 0 unspecified atom stereocenters. The summed E-state index contributed by atoms with van der Waals surface area (Å²) in [5.41, 5.74) is 0.832. The maximum absolute atomic E-state index is 12.2. The van der Waals surface area contributed by atoms with Gasteiger partial charge < -0.3 is 14.8 Å². The average Bonchev–Trinajstić information content (AvgIpc) is 2.73. The normalized spacial score (nSPS) is 13.4. The minimum atomic E-state index is -0.333. The molecule has 3 rings (SSSR count). The third-order valence-corrected chi connectivity index (χ3v) is 3.61. The molecule has 0 atom stereocenters. The van der Waals surface area contributed by atoms with Crippen LogP contribution in [0.15, 0.2) is 30.5 Å². The number of carbonyl (C=O) groups excluding carboxylic acids is 1. The Bertz CT molecular complexity index is 705. The molecule has 1 aliphatic heterocycles. The molecule has 1 amide bonds. The van der Waals surface area contributed by atoms with Gasteiger partial charge in [0.1, 0.15) is 5.15 Å². The molecule has 0 aliphatic carbocycles. The van der Waals surface area contributed by atoms with Gasteiger partial charge in [-0.1, -0.05) is 23.2 Å². The van der Waals surface area contributed by atoms with Crippen molar-refractivity contribution in [2.75, 3.05) is 18.5 Å². The average molecular weight is 339 g/mol. The molecular weight excluding hydrogens is 327 g/mol. The van der Waals surface area contributed by atoms with Crippen LogP contribution in [0.3, 0.4) is 0 Å². The fraction of sp³-hybridized carbons (Fsp3) is 0.200. The molecule has 2 aromatic rings. The SMILES string of the molecule is O=C(Nc1cc2c(cc1Cl)OCCCO2)c1ccc(Cl)nc1. The Morgan fingerprint density at radius 3 is 2.55 bits per heavy atom. The van der Waals surface area contributed by atoms with Gasteiger partial charge in [0, 0.05) is 24.8 Å². The second kappa shape index (κ2) is 6.42. The van der Waals surface area contributed by atoms with Gasteiger partial charge in [-0.3, -0.25) is 4.79 Å². The van der Waals surface area contributed by atoms with Crippen LogP contribution in [0.5, 0.6) is 11.5 Å². The molecule has 2 heterocycles. The summed E-state index contributed by atoms with van der Waals surface area (Å²) in [6.45, 7) is 1.13. The lowest BCUT2D eigenvalue weighted by Gasteiger charge is -2.12. The molecule has 1 N–H and O–H groups in total. The molecule has 1 aromatic carbocycles. The zero-order chi connectivity index (χ0) is 15.5. The molecule has 5 nitrogen and oxygen atoms in total. The topological polar surface area (TPSA) is 60.5 Å². The van der Waals surface area contributed by atoms with Crippen molar-refractivity contribution >= 4 is 34.8 Å².